The molecule has 0 spiro atoms. The zero-order valence-electron chi connectivity index (χ0n) is 16.0. The van der Waals surface area contributed by atoms with E-state index in [1.165, 1.54) is 4.31 Å². The number of anilines is 1. The minimum absolute atomic E-state index is 0.179. The van der Waals surface area contributed by atoms with Crippen molar-refractivity contribution in [3.05, 3.63) is 70.7 Å². The first-order valence-electron chi connectivity index (χ1n) is 9.59. The van der Waals surface area contributed by atoms with Gasteiger partial charge >= 0.3 is 0 Å². The van der Waals surface area contributed by atoms with Crippen LogP contribution in [0.4, 0.5) is 5.69 Å². The summed E-state index contributed by atoms with van der Waals surface area (Å²) < 4.78 is 27.6. The van der Waals surface area contributed by atoms with E-state index in [2.05, 4.69) is 5.32 Å². The number of fused-ring (bicyclic) bond motifs is 1. The topological polar surface area (TPSA) is 66.5 Å². The second-order valence-corrected chi connectivity index (χ2v) is 10.1. The van der Waals surface area contributed by atoms with Crippen LogP contribution >= 0.6 is 23.2 Å². The van der Waals surface area contributed by atoms with E-state index in [-0.39, 0.29) is 29.8 Å². The summed E-state index contributed by atoms with van der Waals surface area (Å²) >= 11 is 12.1. The van der Waals surface area contributed by atoms with Crippen LogP contribution < -0.4 is 5.32 Å². The van der Waals surface area contributed by atoms with Crippen LogP contribution in [0.3, 0.4) is 0 Å². The lowest BCUT2D eigenvalue weighted by molar-refractivity contribution is -0.120. The molecule has 1 heterocycles. The number of hydrogen-bond acceptors (Lipinski definition) is 3. The second kappa shape index (κ2) is 8.55. The average Bonchev–Trinajstić information content (AvgIpc) is 2.76. The molecule has 0 saturated carbocycles. The van der Waals surface area contributed by atoms with Crippen LogP contribution in [0.1, 0.15) is 12.8 Å². The highest BCUT2D eigenvalue weighted by atomic mass is 35.5. The van der Waals surface area contributed by atoms with Gasteiger partial charge in [-0.25, -0.2) is 8.42 Å². The molecule has 1 aliphatic heterocycles. The van der Waals surface area contributed by atoms with E-state index in [1.54, 1.807) is 30.3 Å². The Morgan fingerprint density at radius 3 is 2.37 bits per heavy atom. The molecule has 30 heavy (non-hydrogen) atoms. The molecule has 156 valence electrons. The van der Waals surface area contributed by atoms with Crippen LogP contribution in [0.15, 0.2) is 65.6 Å². The molecule has 0 atom stereocenters. The van der Waals surface area contributed by atoms with Gasteiger partial charge in [0.2, 0.25) is 15.9 Å². The summed E-state index contributed by atoms with van der Waals surface area (Å²) in [4.78, 5) is 12.9. The third kappa shape index (κ3) is 4.32. The standard InChI is InChI=1S/C22H20Cl2N2O3S/c23-18-6-8-20(24)21(14-18)25-22(27)16-9-11-26(12-10-16)30(28,29)19-7-5-15-3-1-2-4-17(15)13-19/h1-8,13-14,16H,9-12H2,(H,25,27). The molecular formula is C22H20Cl2N2O3S. The molecule has 1 N–H and O–H groups in total. The fourth-order valence-corrected chi connectivity index (χ4v) is 5.51. The first kappa shape index (κ1) is 21.1. The Morgan fingerprint density at radius 1 is 0.933 bits per heavy atom. The number of benzene rings is 3. The van der Waals surface area contributed by atoms with Gasteiger partial charge in [0.05, 0.1) is 15.6 Å². The molecule has 1 fully saturated rings. The highest BCUT2D eigenvalue weighted by molar-refractivity contribution is 7.89. The molecule has 8 heteroatoms. The lowest BCUT2D eigenvalue weighted by Crippen LogP contribution is -2.41. The van der Waals surface area contributed by atoms with Crippen molar-refractivity contribution in [3.63, 3.8) is 0 Å². The Bertz CT molecular complexity index is 1210. The molecule has 1 saturated heterocycles. The smallest absolute Gasteiger partial charge is 0.243 e. The Balaban J connectivity index is 1.44. The predicted molar refractivity (Wildman–Crippen MR) is 121 cm³/mol. The molecule has 0 radical (unpaired) electrons. The Hall–Kier alpha value is -2.12. The average molecular weight is 463 g/mol. The molecule has 0 aliphatic carbocycles. The number of hydrogen-bond donors (Lipinski definition) is 1. The summed E-state index contributed by atoms with van der Waals surface area (Å²) in [7, 11) is -3.61. The third-order valence-electron chi connectivity index (χ3n) is 5.37. The Kier molecular flexibility index (Phi) is 6.02. The normalized spacial score (nSPS) is 15.9. The maximum absolute atomic E-state index is 13.1. The van der Waals surface area contributed by atoms with Crippen molar-refractivity contribution in [2.24, 2.45) is 5.92 Å². The van der Waals surface area contributed by atoms with Crippen molar-refractivity contribution in [1.82, 2.24) is 4.31 Å². The van der Waals surface area contributed by atoms with E-state index in [1.807, 2.05) is 30.3 Å². The first-order valence-corrected chi connectivity index (χ1v) is 11.8. The minimum atomic E-state index is -3.61. The van der Waals surface area contributed by atoms with Crippen molar-refractivity contribution >= 4 is 55.6 Å². The number of nitrogens with one attached hydrogen (secondary N) is 1. The van der Waals surface area contributed by atoms with Gasteiger partial charge in [-0.3, -0.25) is 4.79 Å². The fraction of sp³-hybridized carbons (Fsp3) is 0.227. The van der Waals surface area contributed by atoms with Gasteiger partial charge in [-0.05, 0) is 53.9 Å². The number of sulfonamides is 1. The van der Waals surface area contributed by atoms with Gasteiger partial charge in [0.25, 0.3) is 0 Å². The summed E-state index contributed by atoms with van der Waals surface area (Å²) in [5.74, 6) is -0.468. The number of amides is 1. The van der Waals surface area contributed by atoms with Crippen molar-refractivity contribution in [3.8, 4) is 0 Å². The molecule has 3 aromatic rings. The fourth-order valence-electron chi connectivity index (χ4n) is 3.66. The van der Waals surface area contributed by atoms with Crippen LogP contribution in [-0.4, -0.2) is 31.7 Å². The number of nitrogens with zero attached hydrogens (tertiary/aromatic N) is 1. The van der Waals surface area contributed by atoms with E-state index >= 15 is 0 Å². The number of rotatable bonds is 4. The van der Waals surface area contributed by atoms with Crippen LogP contribution in [-0.2, 0) is 14.8 Å². The zero-order valence-corrected chi connectivity index (χ0v) is 18.3. The second-order valence-electron chi connectivity index (χ2n) is 7.30. The van der Waals surface area contributed by atoms with Crippen LogP contribution in [0.25, 0.3) is 10.8 Å². The molecule has 5 nitrogen and oxygen atoms in total. The van der Waals surface area contributed by atoms with Gasteiger partial charge in [0, 0.05) is 24.0 Å². The zero-order chi connectivity index (χ0) is 21.3. The highest BCUT2D eigenvalue weighted by Gasteiger charge is 2.32. The summed E-state index contributed by atoms with van der Waals surface area (Å²) in [6, 6.07) is 17.7. The molecule has 1 aliphatic rings. The van der Waals surface area contributed by atoms with Crippen molar-refractivity contribution < 1.29 is 13.2 Å². The minimum Gasteiger partial charge on any atom is -0.324 e. The summed E-state index contributed by atoms with van der Waals surface area (Å²) in [5.41, 5.74) is 0.459. The van der Waals surface area contributed by atoms with Gasteiger partial charge in [-0.15, -0.1) is 0 Å². The largest absolute Gasteiger partial charge is 0.324 e. The van der Waals surface area contributed by atoms with Crippen molar-refractivity contribution in [2.45, 2.75) is 17.7 Å². The van der Waals surface area contributed by atoms with Gasteiger partial charge < -0.3 is 5.32 Å². The van der Waals surface area contributed by atoms with Crippen LogP contribution in [0.2, 0.25) is 10.0 Å². The summed E-state index contributed by atoms with van der Waals surface area (Å²) in [6.45, 7) is 0.576. The predicted octanol–water partition coefficient (Wildman–Crippen LogP) is 5.19. The van der Waals surface area contributed by atoms with E-state index in [9.17, 15) is 13.2 Å². The third-order valence-corrected chi connectivity index (χ3v) is 7.83. The van der Waals surface area contributed by atoms with Crippen LogP contribution in [0.5, 0.6) is 0 Å². The molecule has 4 rings (SSSR count). The monoisotopic (exact) mass is 462 g/mol. The Morgan fingerprint density at radius 2 is 1.63 bits per heavy atom. The van der Waals surface area contributed by atoms with Crippen molar-refractivity contribution in [2.75, 3.05) is 18.4 Å². The van der Waals surface area contributed by atoms with Crippen LogP contribution in [0, 0.1) is 5.92 Å². The quantitative estimate of drug-likeness (QED) is 0.580. The lowest BCUT2D eigenvalue weighted by Gasteiger charge is -2.30. The molecule has 0 bridgehead atoms. The number of piperidine rings is 1. The number of carbonyl (C=O) groups is 1. The lowest BCUT2D eigenvalue weighted by atomic mass is 9.97. The van der Waals surface area contributed by atoms with Gasteiger partial charge in [-0.2, -0.15) is 4.31 Å². The molecule has 3 aromatic carbocycles. The van der Waals surface area contributed by atoms with Gasteiger partial charge in [0.15, 0.2) is 0 Å². The van der Waals surface area contributed by atoms with E-state index in [0.717, 1.165) is 10.8 Å². The number of carbonyl (C=O) groups excluding carboxylic acids is 1. The Labute approximate surface area is 185 Å². The molecule has 0 unspecified atom stereocenters. The maximum atomic E-state index is 13.1. The SMILES string of the molecule is O=C(Nc1cc(Cl)ccc1Cl)C1CCN(S(=O)(=O)c2ccc3ccccc3c2)CC1. The van der Waals surface area contributed by atoms with E-state index in [4.69, 9.17) is 23.2 Å². The van der Waals surface area contributed by atoms with E-state index < -0.39 is 10.0 Å². The molecule has 0 aromatic heterocycles. The van der Waals surface area contributed by atoms with E-state index in [0.29, 0.717) is 28.6 Å². The first-order chi connectivity index (χ1) is 14.3. The molecular weight excluding hydrogens is 443 g/mol. The van der Waals surface area contributed by atoms with Crippen molar-refractivity contribution in [1.29, 1.82) is 0 Å². The summed E-state index contributed by atoms with van der Waals surface area (Å²) in [6.07, 6.45) is 0.883. The van der Waals surface area contributed by atoms with Gasteiger partial charge in [0.1, 0.15) is 0 Å². The molecule has 1 amide bonds. The summed E-state index contributed by atoms with van der Waals surface area (Å²) in [5, 5.41) is 5.56. The van der Waals surface area contributed by atoms with Gasteiger partial charge in [-0.1, -0.05) is 53.5 Å². The maximum Gasteiger partial charge on any atom is 0.243 e. The number of halogens is 2. The highest BCUT2D eigenvalue weighted by Crippen LogP contribution is 2.29.